The summed E-state index contributed by atoms with van der Waals surface area (Å²) in [5, 5.41) is 22.4. The summed E-state index contributed by atoms with van der Waals surface area (Å²) >= 11 is 0. The van der Waals surface area contributed by atoms with Crippen molar-refractivity contribution in [2.75, 3.05) is 26.3 Å². The Morgan fingerprint density at radius 2 is 1.81 bits per heavy atom. The van der Waals surface area contributed by atoms with Crippen molar-refractivity contribution in [1.29, 1.82) is 0 Å². The Bertz CT molecular complexity index is 589. The van der Waals surface area contributed by atoms with Gasteiger partial charge in [-0.1, -0.05) is 18.2 Å². The molecule has 0 bridgehead atoms. The average molecular weight is 289 g/mol. The van der Waals surface area contributed by atoms with Crippen molar-refractivity contribution >= 4 is 5.91 Å². The summed E-state index contributed by atoms with van der Waals surface area (Å²) in [5.41, 5.74) is 1.96. The van der Waals surface area contributed by atoms with E-state index in [-0.39, 0.29) is 32.2 Å². The molecule has 2 aromatic rings. The SMILES string of the molecule is Cc1nn(-c2ccccc2)cc1C(=O)N(CCO)CCO. The van der Waals surface area contributed by atoms with Gasteiger partial charge in [0.1, 0.15) is 0 Å². The second-order valence-corrected chi connectivity index (χ2v) is 4.65. The zero-order valence-corrected chi connectivity index (χ0v) is 11.9. The van der Waals surface area contributed by atoms with Gasteiger partial charge in [-0.25, -0.2) is 4.68 Å². The number of hydrogen-bond acceptors (Lipinski definition) is 4. The van der Waals surface area contributed by atoms with Crippen LogP contribution in [0.2, 0.25) is 0 Å². The van der Waals surface area contributed by atoms with Gasteiger partial charge in [0.2, 0.25) is 0 Å². The van der Waals surface area contributed by atoms with Crippen molar-refractivity contribution in [2.45, 2.75) is 6.92 Å². The minimum Gasteiger partial charge on any atom is -0.395 e. The van der Waals surface area contributed by atoms with Crippen LogP contribution in [0.4, 0.5) is 0 Å². The molecule has 6 nitrogen and oxygen atoms in total. The Labute approximate surface area is 123 Å². The van der Waals surface area contributed by atoms with Gasteiger partial charge in [0.05, 0.1) is 30.2 Å². The van der Waals surface area contributed by atoms with E-state index in [9.17, 15) is 4.79 Å². The van der Waals surface area contributed by atoms with Crippen LogP contribution in [0.25, 0.3) is 5.69 Å². The minimum atomic E-state index is -0.238. The topological polar surface area (TPSA) is 78.6 Å². The largest absolute Gasteiger partial charge is 0.395 e. The normalized spacial score (nSPS) is 10.6. The molecule has 0 radical (unpaired) electrons. The van der Waals surface area contributed by atoms with Crippen LogP contribution in [0.5, 0.6) is 0 Å². The molecule has 0 atom stereocenters. The number of aliphatic hydroxyl groups is 2. The van der Waals surface area contributed by atoms with Crippen LogP contribution in [0.15, 0.2) is 36.5 Å². The number of nitrogens with zero attached hydrogens (tertiary/aromatic N) is 3. The lowest BCUT2D eigenvalue weighted by molar-refractivity contribution is 0.0684. The number of aryl methyl sites for hydroxylation is 1. The molecule has 112 valence electrons. The van der Waals surface area contributed by atoms with E-state index in [1.807, 2.05) is 30.3 Å². The Morgan fingerprint density at radius 3 is 2.38 bits per heavy atom. The van der Waals surface area contributed by atoms with Crippen molar-refractivity contribution in [3.63, 3.8) is 0 Å². The molecule has 0 fully saturated rings. The summed E-state index contributed by atoms with van der Waals surface area (Å²) in [6.45, 7) is 1.86. The van der Waals surface area contributed by atoms with Crippen LogP contribution in [-0.4, -0.2) is 57.1 Å². The number of carbonyl (C=O) groups is 1. The zero-order valence-electron chi connectivity index (χ0n) is 11.9. The molecule has 2 N–H and O–H groups in total. The highest BCUT2D eigenvalue weighted by atomic mass is 16.3. The number of para-hydroxylation sites is 1. The van der Waals surface area contributed by atoms with Crippen molar-refractivity contribution in [2.24, 2.45) is 0 Å². The molecule has 0 spiro atoms. The van der Waals surface area contributed by atoms with Crippen LogP contribution < -0.4 is 0 Å². The van der Waals surface area contributed by atoms with Crippen LogP contribution in [0.3, 0.4) is 0 Å². The smallest absolute Gasteiger partial charge is 0.257 e. The van der Waals surface area contributed by atoms with Gasteiger partial charge >= 0.3 is 0 Å². The molecule has 0 saturated heterocycles. The lowest BCUT2D eigenvalue weighted by Gasteiger charge is -2.20. The lowest BCUT2D eigenvalue weighted by atomic mass is 10.2. The molecule has 0 unspecified atom stereocenters. The van der Waals surface area contributed by atoms with Gasteiger partial charge in [0.15, 0.2) is 0 Å². The fourth-order valence-corrected chi connectivity index (χ4v) is 2.11. The number of hydrogen-bond donors (Lipinski definition) is 2. The molecule has 0 saturated carbocycles. The van der Waals surface area contributed by atoms with E-state index in [2.05, 4.69) is 5.10 Å². The van der Waals surface area contributed by atoms with Crippen molar-refractivity contribution < 1.29 is 15.0 Å². The highest BCUT2D eigenvalue weighted by Gasteiger charge is 2.20. The Kier molecular flexibility index (Phi) is 5.08. The van der Waals surface area contributed by atoms with E-state index in [0.29, 0.717) is 11.3 Å². The summed E-state index contributed by atoms with van der Waals surface area (Å²) in [7, 11) is 0. The molecule has 1 heterocycles. The van der Waals surface area contributed by atoms with Gasteiger partial charge in [0.25, 0.3) is 5.91 Å². The molecule has 2 rings (SSSR count). The second kappa shape index (κ2) is 7.01. The standard InChI is InChI=1S/C15H19N3O3/c1-12-14(15(21)17(7-9-19)8-10-20)11-18(16-12)13-5-3-2-4-6-13/h2-6,11,19-20H,7-10H2,1H3. The van der Waals surface area contributed by atoms with E-state index >= 15 is 0 Å². The molecule has 1 amide bonds. The van der Waals surface area contributed by atoms with Crippen LogP contribution >= 0.6 is 0 Å². The fraction of sp³-hybridized carbons (Fsp3) is 0.333. The van der Waals surface area contributed by atoms with E-state index in [0.717, 1.165) is 5.69 Å². The Balaban J connectivity index is 2.28. The van der Waals surface area contributed by atoms with Crippen LogP contribution in [0, 0.1) is 6.92 Å². The van der Waals surface area contributed by atoms with Gasteiger partial charge in [-0.05, 0) is 19.1 Å². The maximum atomic E-state index is 12.4. The molecule has 0 aliphatic rings. The van der Waals surface area contributed by atoms with Gasteiger partial charge in [0, 0.05) is 19.3 Å². The van der Waals surface area contributed by atoms with Gasteiger partial charge < -0.3 is 15.1 Å². The third-order valence-electron chi connectivity index (χ3n) is 3.18. The summed E-state index contributed by atoms with van der Waals surface area (Å²) in [6, 6.07) is 9.52. The van der Waals surface area contributed by atoms with E-state index in [4.69, 9.17) is 10.2 Å². The Hall–Kier alpha value is -2.18. The first-order valence-electron chi connectivity index (χ1n) is 6.80. The van der Waals surface area contributed by atoms with Crippen molar-refractivity contribution in [3.05, 3.63) is 47.8 Å². The first-order chi connectivity index (χ1) is 10.2. The quantitative estimate of drug-likeness (QED) is 0.816. The molecule has 21 heavy (non-hydrogen) atoms. The molecule has 1 aromatic carbocycles. The molecular formula is C15H19N3O3. The lowest BCUT2D eigenvalue weighted by Crippen LogP contribution is -2.36. The molecular weight excluding hydrogens is 270 g/mol. The van der Waals surface area contributed by atoms with E-state index in [1.54, 1.807) is 17.8 Å². The summed E-state index contributed by atoms with van der Waals surface area (Å²) in [4.78, 5) is 13.9. The van der Waals surface area contributed by atoms with Crippen molar-refractivity contribution in [3.8, 4) is 5.69 Å². The fourth-order valence-electron chi connectivity index (χ4n) is 2.11. The van der Waals surface area contributed by atoms with E-state index in [1.165, 1.54) is 4.90 Å². The summed E-state index contributed by atoms with van der Waals surface area (Å²) in [6.07, 6.45) is 1.68. The number of benzene rings is 1. The first-order valence-corrected chi connectivity index (χ1v) is 6.80. The number of aromatic nitrogens is 2. The number of amides is 1. The average Bonchev–Trinajstić information content (AvgIpc) is 2.89. The van der Waals surface area contributed by atoms with Crippen molar-refractivity contribution in [1.82, 2.24) is 14.7 Å². The highest BCUT2D eigenvalue weighted by Crippen LogP contribution is 2.13. The first kappa shape index (κ1) is 15.2. The third kappa shape index (κ3) is 3.48. The second-order valence-electron chi connectivity index (χ2n) is 4.65. The molecule has 1 aromatic heterocycles. The Morgan fingerprint density at radius 1 is 1.19 bits per heavy atom. The maximum absolute atomic E-state index is 12.4. The predicted octanol–water partition coefficient (Wildman–Crippen LogP) is 0.608. The minimum absolute atomic E-state index is 0.141. The van der Waals surface area contributed by atoms with Gasteiger partial charge in [-0.3, -0.25) is 4.79 Å². The molecule has 0 aliphatic carbocycles. The molecule has 0 aliphatic heterocycles. The molecule has 6 heteroatoms. The monoisotopic (exact) mass is 289 g/mol. The number of carbonyl (C=O) groups excluding carboxylic acids is 1. The highest BCUT2D eigenvalue weighted by molar-refractivity contribution is 5.95. The zero-order chi connectivity index (χ0) is 15.2. The third-order valence-corrected chi connectivity index (χ3v) is 3.18. The predicted molar refractivity (Wildman–Crippen MR) is 78.4 cm³/mol. The number of rotatable bonds is 6. The van der Waals surface area contributed by atoms with Crippen LogP contribution in [-0.2, 0) is 0 Å². The summed E-state index contributed by atoms with van der Waals surface area (Å²) < 4.78 is 1.65. The van der Waals surface area contributed by atoms with Gasteiger partial charge in [-0.15, -0.1) is 0 Å². The van der Waals surface area contributed by atoms with E-state index < -0.39 is 0 Å². The van der Waals surface area contributed by atoms with Crippen LogP contribution in [0.1, 0.15) is 16.1 Å². The summed E-state index contributed by atoms with van der Waals surface area (Å²) in [5.74, 6) is -0.238. The van der Waals surface area contributed by atoms with Gasteiger partial charge in [-0.2, -0.15) is 5.10 Å². The maximum Gasteiger partial charge on any atom is 0.257 e. The number of aliphatic hydroxyl groups excluding tert-OH is 2.